The topological polar surface area (TPSA) is 94.2 Å². The van der Waals surface area contributed by atoms with Crippen molar-refractivity contribution in [3.63, 3.8) is 0 Å². The largest absolute Gasteiger partial charge is 0.416 e. The number of rotatable bonds is 9. The molecule has 4 amide bonds. The number of amides is 4. The molecule has 0 saturated carbocycles. The zero-order valence-corrected chi connectivity index (χ0v) is 23.3. The van der Waals surface area contributed by atoms with Gasteiger partial charge in [0.15, 0.2) is 0 Å². The minimum absolute atomic E-state index is 0.0485. The number of halogens is 3. The number of ether oxygens (including phenoxy) is 1. The molecule has 0 aliphatic carbocycles. The summed E-state index contributed by atoms with van der Waals surface area (Å²) >= 11 is 0. The second-order valence-corrected chi connectivity index (χ2v) is 10.5. The van der Waals surface area contributed by atoms with Crippen LogP contribution >= 0.6 is 0 Å². The van der Waals surface area contributed by atoms with E-state index < -0.39 is 35.8 Å². The standard InChI is InChI=1S/C30H34F3N5O4/c1-2-37-24-19-38(28(40)25(24)26(35-29(37)41)21-10-6-7-11-22(21)30(31,32)33)23(18-20-8-4-3-5-9-20)27(39)34-12-13-36-14-16-42-17-15-36/h3-11,23,26H,2,12-19H2,1H3,(H,34,39)(H,35,41)/t23-,26-/m1/s1. The van der Waals surface area contributed by atoms with E-state index in [0.717, 1.165) is 24.7 Å². The van der Waals surface area contributed by atoms with Crippen LogP contribution in [0.1, 0.15) is 29.7 Å². The van der Waals surface area contributed by atoms with Crippen LogP contribution in [-0.2, 0) is 26.9 Å². The van der Waals surface area contributed by atoms with E-state index in [1.54, 1.807) is 6.92 Å². The summed E-state index contributed by atoms with van der Waals surface area (Å²) in [6.45, 7) is 5.62. The molecular weight excluding hydrogens is 551 g/mol. The predicted molar refractivity (Wildman–Crippen MR) is 148 cm³/mol. The van der Waals surface area contributed by atoms with Crippen LogP contribution < -0.4 is 10.6 Å². The van der Waals surface area contributed by atoms with Crippen LogP contribution in [-0.4, -0.2) is 91.1 Å². The molecule has 3 aliphatic rings. The van der Waals surface area contributed by atoms with Gasteiger partial charge in [-0.15, -0.1) is 0 Å². The molecule has 0 radical (unpaired) electrons. The molecule has 3 aliphatic heterocycles. The zero-order chi connectivity index (χ0) is 29.9. The number of benzene rings is 2. The first-order valence-corrected chi connectivity index (χ1v) is 14.1. The minimum Gasteiger partial charge on any atom is -0.379 e. The molecule has 3 heterocycles. The lowest BCUT2D eigenvalue weighted by Gasteiger charge is -2.33. The molecule has 0 unspecified atom stereocenters. The summed E-state index contributed by atoms with van der Waals surface area (Å²) in [6, 6.07) is 11.3. The maximum Gasteiger partial charge on any atom is 0.416 e. The molecule has 1 fully saturated rings. The summed E-state index contributed by atoms with van der Waals surface area (Å²) in [5.74, 6) is -0.940. The van der Waals surface area contributed by atoms with Crippen molar-refractivity contribution in [2.24, 2.45) is 0 Å². The first-order valence-electron chi connectivity index (χ1n) is 14.1. The van der Waals surface area contributed by atoms with Crippen molar-refractivity contribution < 1.29 is 32.3 Å². The Morgan fingerprint density at radius 2 is 1.76 bits per heavy atom. The first kappa shape index (κ1) is 29.6. The number of hydrogen-bond donors (Lipinski definition) is 2. The molecule has 42 heavy (non-hydrogen) atoms. The average molecular weight is 586 g/mol. The average Bonchev–Trinajstić information content (AvgIpc) is 3.32. The van der Waals surface area contributed by atoms with Crippen molar-refractivity contribution in [2.75, 3.05) is 52.5 Å². The summed E-state index contributed by atoms with van der Waals surface area (Å²) in [5.41, 5.74) is 0.0372. The number of urea groups is 1. The van der Waals surface area contributed by atoms with Crippen molar-refractivity contribution in [2.45, 2.75) is 31.6 Å². The molecule has 0 bridgehead atoms. The molecule has 0 spiro atoms. The van der Waals surface area contributed by atoms with Gasteiger partial charge in [-0.05, 0) is 24.1 Å². The fraction of sp³-hybridized carbons (Fsp3) is 0.433. The van der Waals surface area contributed by atoms with Gasteiger partial charge in [0.25, 0.3) is 5.91 Å². The van der Waals surface area contributed by atoms with Gasteiger partial charge in [0.2, 0.25) is 5.91 Å². The monoisotopic (exact) mass is 585 g/mol. The molecule has 0 aromatic heterocycles. The van der Waals surface area contributed by atoms with Gasteiger partial charge >= 0.3 is 12.2 Å². The SMILES string of the molecule is CCN1C(=O)N[C@H](c2ccccc2C(F)(F)F)C2=C1CN([C@H](Cc1ccccc1)C(=O)NCCN1CCOCC1)C2=O. The molecule has 5 rings (SSSR count). The van der Waals surface area contributed by atoms with E-state index in [2.05, 4.69) is 15.5 Å². The summed E-state index contributed by atoms with van der Waals surface area (Å²) < 4.78 is 47.4. The Balaban J connectivity index is 1.45. The molecule has 9 nitrogen and oxygen atoms in total. The molecular formula is C30H34F3N5O4. The number of carbonyl (C=O) groups is 3. The van der Waals surface area contributed by atoms with Gasteiger partial charge in [-0.2, -0.15) is 13.2 Å². The third-order valence-corrected chi connectivity index (χ3v) is 7.92. The van der Waals surface area contributed by atoms with Gasteiger partial charge in [0.05, 0.1) is 42.6 Å². The molecule has 2 aromatic rings. The van der Waals surface area contributed by atoms with Gasteiger partial charge in [-0.1, -0.05) is 48.5 Å². The number of carbonyl (C=O) groups excluding carboxylic acids is 3. The van der Waals surface area contributed by atoms with Gasteiger partial charge in [0, 0.05) is 39.1 Å². The number of nitrogens with one attached hydrogen (secondary N) is 2. The Kier molecular flexibility index (Phi) is 8.83. The second-order valence-electron chi connectivity index (χ2n) is 10.5. The van der Waals surface area contributed by atoms with Crippen molar-refractivity contribution in [3.05, 3.63) is 82.6 Å². The number of morpholine rings is 1. The fourth-order valence-corrected chi connectivity index (χ4v) is 5.80. The van der Waals surface area contributed by atoms with Crippen LogP contribution in [0.4, 0.5) is 18.0 Å². The van der Waals surface area contributed by atoms with Crippen molar-refractivity contribution >= 4 is 17.8 Å². The molecule has 12 heteroatoms. The number of hydrogen-bond acceptors (Lipinski definition) is 5. The maximum atomic E-state index is 14.1. The Morgan fingerprint density at radius 3 is 2.45 bits per heavy atom. The quantitative estimate of drug-likeness (QED) is 0.472. The highest BCUT2D eigenvalue weighted by Gasteiger charge is 2.48. The van der Waals surface area contributed by atoms with Crippen LogP contribution in [0.25, 0.3) is 0 Å². The highest BCUT2D eigenvalue weighted by Crippen LogP contribution is 2.42. The van der Waals surface area contributed by atoms with E-state index in [-0.39, 0.29) is 36.6 Å². The number of alkyl halides is 3. The van der Waals surface area contributed by atoms with Gasteiger partial charge in [-0.3, -0.25) is 19.4 Å². The van der Waals surface area contributed by atoms with E-state index in [9.17, 15) is 27.6 Å². The van der Waals surface area contributed by atoms with Crippen molar-refractivity contribution in [1.82, 2.24) is 25.3 Å². The highest BCUT2D eigenvalue weighted by atomic mass is 19.4. The Morgan fingerprint density at radius 1 is 1.07 bits per heavy atom. The van der Waals surface area contributed by atoms with Crippen LogP contribution in [0.2, 0.25) is 0 Å². The Bertz CT molecular complexity index is 1340. The Hall–Kier alpha value is -3.90. The van der Waals surface area contributed by atoms with Gasteiger partial charge < -0.3 is 20.3 Å². The lowest BCUT2D eigenvalue weighted by Crippen LogP contribution is -2.51. The minimum atomic E-state index is -4.69. The third-order valence-electron chi connectivity index (χ3n) is 7.92. The van der Waals surface area contributed by atoms with E-state index >= 15 is 0 Å². The lowest BCUT2D eigenvalue weighted by molar-refractivity contribution is -0.138. The summed E-state index contributed by atoms with van der Waals surface area (Å²) in [7, 11) is 0. The van der Waals surface area contributed by atoms with Crippen LogP contribution in [0.5, 0.6) is 0 Å². The number of likely N-dealkylation sites (N-methyl/N-ethyl adjacent to an activating group) is 1. The van der Waals surface area contributed by atoms with E-state index in [1.165, 1.54) is 28.0 Å². The van der Waals surface area contributed by atoms with Gasteiger partial charge in [0.1, 0.15) is 6.04 Å². The van der Waals surface area contributed by atoms with Crippen LogP contribution in [0.3, 0.4) is 0 Å². The molecule has 1 saturated heterocycles. The van der Waals surface area contributed by atoms with E-state index in [0.29, 0.717) is 32.0 Å². The zero-order valence-electron chi connectivity index (χ0n) is 23.3. The first-order chi connectivity index (χ1) is 20.2. The highest BCUT2D eigenvalue weighted by molar-refractivity contribution is 6.03. The second kappa shape index (κ2) is 12.5. The van der Waals surface area contributed by atoms with Crippen molar-refractivity contribution in [1.29, 1.82) is 0 Å². The van der Waals surface area contributed by atoms with Crippen molar-refractivity contribution in [3.8, 4) is 0 Å². The maximum absolute atomic E-state index is 14.1. The van der Waals surface area contributed by atoms with E-state index in [1.807, 2.05) is 30.3 Å². The molecule has 2 N–H and O–H groups in total. The third kappa shape index (κ3) is 6.14. The van der Waals surface area contributed by atoms with E-state index in [4.69, 9.17) is 4.74 Å². The van der Waals surface area contributed by atoms with Gasteiger partial charge in [-0.25, -0.2) is 4.79 Å². The lowest BCUT2D eigenvalue weighted by atomic mass is 9.91. The summed E-state index contributed by atoms with van der Waals surface area (Å²) in [6.07, 6.45) is -4.49. The van der Waals surface area contributed by atoms with Crippen LogP contribution in [0.15, 0.2) is 65.9 Å². The number of nitrogens with zero attached hydrogens (tertiary/aromatic N) is 3. The molecule has 2 atom stereocenters. The smallest absolute Gasteiger partial charge is 0.379 e. The Labute approximate surface area is 242 Å². The molecule has 2 aromatic carbocycles. The molecule has 224 valence electrons. The predicted octanol–water partition coefficient (Wildman–Crippen LogP) is 2.95. The van der Waals surface area contributed by atoms with Crippen LogP contribution in [0, 0.1) is 0 Å². The fourth-order valence-electron chi connectivity index (χ4n) is 5.80. The summed E-state index contributed by atoms with van der Waals surface area (Å²) in [5, 5.41) is 5.58. The summed E-state index contributed by atoms with van der Waals surface area (Å²) in [4.78, 5) is 45.8. The normalized spacial score (nSPS) is 20.4.